The third-order valence-corrected chi connectivity index (χ3v) is 6.66. The van der Waals surface area contributed by atoms with Gasteiger partial charge in [0.2, 0.25) is 0 Å². The van der Waals surface area contributed by atoms with Crippen molar-refractivity contribution in [2.45, 2.75) is 25.7 Å². The van der Waals surface area contributed by atoms with Gasteiger partial charge in [-0.1, -0.05) is 35.9 Å². The van der Waals surface area contributed by atoms with Gasteiger partial charge in [0.05, 0.1) is 10.6 Å². The summed E-state index contributed by atoms with van der Waals surface area (Å²) in [7, 11) is -3.71. The van der Waals surface area contributed by atoms with E-state index in [4.69, 9.17) is 4.74 Å². The van der Waals surface area contributed by atoms with E-state index in [-0.39, 0.29) is 17.4 Å². The molecule has 0 aliphatic rings. The van der Waals surface area contributed by atoms with Crippen molar-refractivity contribution in [1.82, 2.24) is 0 Å². The number of aryl methyl sites for hydroxylation is 2. The Morgan fingerprint density at radius 3 is 2.26 bits per heavy atom. The number of ether oxygens (including phenoxy) is 1. The Kier molecular flexibility index (Phi) is 6.97. The highest BCUT2D eigenvalue weighted by atomic mass is 32.2. The van der Waals surface area contributed by atoms with E-state index >= 15 is 0 Å². The second-order valence-corrected chi connectivity index (χ2v) is 9.00. The number of nitrogens with one attached hydrogen (secondary N) is 1. The average molecular weight is 439 g/mol. The topological polar surface area (TPSA) is 75.7 Å². The summed E-state index contributed by atoms with van der Waals surface area (Å²) in [6.07, 6.45) is 0. The molecule has 0 spiro atoms. The molecular weight excluding hydrogens is 412 g/mol. The number of amides is 1. The van der Waals surface area contributed by atoms with Crippen LogP contribution in [0.2, 0.25) is 0 Å². The predicted octanol–water partition coefficient (Wildman–Crippen LogP) is 4.54. The van der Waals surface area contributed by atoms with Crippen LogP contribution >= 0.6 is 0 Å². The fourth-order valence-corrected chi connectivity index (χ4v) is 4.70. The van der Waals surface area contributed by atoms with Gasteiger partial charge in [-0.25, -0.2) is 8.42 Å². The largest absolute Gasteiger partial charge is 0.483 e. The maximum atomic E-state index is 13.0. The Labute approximate surface area is 183 Å². The van der Waals surface area contributed by atoms with Crippen molar-refractivity contribution < 1.29 is 17.9 Å². The van der Waals surface area contributed by atoms with Crippen LogP contribution in [-0.4, -0.2) is 27.5 Å². The van der Waals surface area contributed by atoms with Crippen LogP contribution in [0.1, 0.15) is 18.1 Å². The van der Waals surface area contributed by atoms with Crippen molar-refractivity contribution in [3.8, 4) is 5.75 Å². The van der Waals surface area contributed by atoms with Crippen LogP contribution < -0.4 is 14.4 Å². The molecule has 0 aliphatic carbocycles. The summed E-state index contributed by atoms with van der Waals surface area (Å²) >= 11 is 0. The third kappa shape index (κ3) is 5.44. The van der Waals surface area contributed by atoms with Gasteiger partial charge in [0, 0.05) is 12.2 Å². The Morgan fingerprint density at radius 2 is 1.65 bits per heavy atom. The van der Waals surface area contributed by atoms with E-state index in [0.717, 1.165) is 11.1 Å². The summed E-state index contributed by atoms with van der Waals surface area (Å²) < 4.78 is 33.0. The van der Waals surface area contributed by atoms with E-state index < -0.39 is 10.0 Å². The molecule has 0 radical (unpaired) electrons. The highest BCUT2D eigenvalue weighted by Crippen LogP contribution is 2.24. The molecule has 0 aliphatic heterocycles. The van der Waals surface area contributed by atoms with Crippen molar-refractivity contribution in [3.05, 3.63) is 83.9 Å². The van der Waals surface area contributed by atoms with Gasteiger partial charge in [-0.15, -0.1) is 0 Å². The van der Waals surface area contributed by atoms with E-state index in [1.54, 1.807) is 43.3 Å². The van der Waals surface area contributed by atoms with Crippen molar-refractivity contribution in [2.75, 3.05) is 22.8 Å². The second-order valence-electron chi connectivity index (χ2n) is 7.14. The lowest BCUT2D eigenvalue weighted by atomic mass is 10.1. The molecule has 0 bridgehead atoms. The highest BCUT2D eigenvalue weighted by molar-refractivity contribution is 7.92. The Bertz CT molecular complexity index is 1140. The number of carbonyl (C=O) groups is 1. The first-order valence-electron chi connectivity index (χ1n) is 9.99. The molecular formula is C24H26N2O4S. The molecule has 31 heavy (non-hydrogen) atoms. The summed E-state index contributed by atoms with van der Waals surface area (Å²) in [4.78, 5) is 12.4. The maximum absolute atomic E-state index is 13.0. The molecule has 0 aromatic heterocycles. The van der Waals surface area contributed by atoms with E-state index in [1.807, 2.05) is 38.1 Å². The maximum Gasteiger partial charge on any atom is 0.264 e. The van der Waals surface area contributed by atoms with Gasteiger partial charge < -0.3 is 10.1 Å². The molecule has 0 heterocycles. The Morgan fingerprint density at radius 1 is 0.968 bits per heavy atom. The van der Waals surface area contributed by atoms with Gasteiger partial charge in [-0.3, -0.25) is 9.10 Å². The van der Waals surface area contributed by atoms with Gasteiger partial charge >= 0.3 is 0 Å². The monoisotopic (exact) mass is 438 g/mol. The number of anilines is 2. The number of benzene rings is 3. The molecule has 0 saturated carbocycles. The number of hydrogen-bond donors (Lipinski definition) is 1. The molecule has 3 aromatic carbocycles. The minimum Gasteiger partial charge on any atom is -0.483 e. The van der Waals surface area contributed by atoms with Gasteiger partial charge in [-0.2, -0.15) is 0 Å². The molecule has 0 fully saturated rings. The molecule has 0 saturated heterocycles. The zero-order chi connectivity index (χ0) is 22.4. The second kappa shape index (κ2) is 9.66. The predicted molar refractivity (Wildman–Crippen MR) is 123 cm³/mol. The molecule has 6 nitrogen and oxygen atoms in total. The van der Waals surface area contributed by atoms with E-state index in [1.165, 1.54) is 16.4 Å². The number of rotatable bonds is 8. The number of nitrogens with zero attached hydrogens (tertiary/aromatic N) is 1. The van der Waals surface area contributed by atoms with Crippen LogP contribution in [0.25, 0.3) is 0 Å². The Balaban J connectivity index is 1.66. The van der Waals surface area contributed by atoms with Crippen LogP contribution in [0.15, 0.2) is 77.7 Å². The summed E-state index contributed by atoms with van der Waals surface area (Å²) in [5, 5.41) is 2.72. The lowest BCUT2D eigenvalue weighted by molar-refractivity contribution is -0.118. The van der Waals surface area contributed by atoms with E-state index in [2.05, 4.69) is 5.32 Å². The van der Waals surface area contributed by atoms with Crippen LogP contribution in [0.5, 0.6) is 5.75 Å². The molecule has 1 N–H and O–H groups in total. The lowest BCUT2D eigenvalue weighted by Gasteiger charge is -2.23. The van der Waals surface area contributed by atoms with Gasteiger partial charge in [0.25, 0.3) is 15.9 Å². The normalized spacial score (nSPS) is 11.1. The zero-order valence-electron chi connectivity index (χ0n) is 17.8. The zero-order valence-corrected chi connectivity index (χ0v) is 18.6. The molecule has 3 aromatic rings. The molecule has 162 valence electrons. The third-order valence-electron chi connectivity index (χ3n) is 4.75. The van der Waals surface area contributed by atoms with Gasteiger partial charge in [0.1, 0.15) is 5.75 Å². The molecule has 1 amide bonds. The van der Waals surface area contributed by atoms with E-state index in [0.29, 0.717) is 23.7 Å². The number of hydrogen-bond acceptors (Lipinski definition) is 4. The van der Waals surface area contributed by atoms with Crippen LogP contribution in [-0.2, 0) is 14.8 Å². The number of sulfonamides is 1. The first-order chi connectivity index (χ1) is 14.8. The minimum absolute atomic E-state index is 0.137. The van der Waals surface area contributed by atoms with Gasteiger partial charge in [0.15, 0.2) is 6.61 Å². The smallest absolute Gasteiger partial charge is 0.264 e. The summed E-state index contributed by atoms with van der Waals surface area (Å²) in [5.74, 6) is 0.331. The summed E-state index contributed by atoms with van der Waals surface area (Å²) in [6, 6.07) is 20.8. The van der Waals surface area contributed by atoms with Crippen molar-refractivity contribution in [3.63, 3.8) is 0 Å². The fraction of sp³-hybridized carbons (Fsp3) is 0.208. The first-order valence-corrected chi connectivity index (χ1v) is 11.4. The van der Waals surface area contributed by atoms with Gasteiger partial charge in [-0.05, 0) is 68.8 Å². The van der Waals surface area contributed by atoms with Crippen LogP contribution in [0.3, 0.4) is 0 Å². The lowest BCUT2D eigenvalue weighted by Crippen LogP contribution is -2.30. The van der Waals surface area contributed by atoms with Crippen molar-refractivity contribution in [2.24, 2.45) is 0 Å². The average Bonchev–Trinajstić information content (AvgIpc) is 2.74. The summed E-state index contributed by atoms with van der Waals surface area (Å²) in [5.41, 5.74) is 3.18. The van der Waals surface area contributed by atoms with Crippen LogP contribution in [0, 0.1) is 13.8 Å². The van der Waals surface area contributed by atoms with E-state index in [9.17, 15) is 13.2 Å². The van der Waals surface area contributed by atoms with Crippen LogP contribution in [0.4, 0.5) is 11.4 Å². The fourth-order valence-electron chi connectivity index (χ4n) is 3.22. The molecule has 3 rings (SSSR count). The number of para-hydroxylation sites is 1. The Hall–Kier alpha value is -3.32. The summed E-state index contributed by atoms with van der Waals surface area (Å²) in [6.45, 7) is 5.87. The quantitative estimate of drug-likeness (QED) is 0.560. The SMILES string of the molecule is CCN(c1ccccc1)S(=O)(=O)c1ccc(NC(=O)COc2ccc(C)cc2C)cc1. The number of carbonyl (C=O) groups excluding carboxylic acids is 1. The molecule has 7 heteroatoms. The highest BCUT2D eigenvalue weighted by Gasteiger charge is 2.23. The van der Waals surface area contributed by atoms with Crippen molar-refractivity contribution in [1.29, 1.82) is 0 Å². The molecule has 0 atom stereocenters. The van der Waals surface area contributed by atoms with Crippen molar-refractivity contribution >= 4 is 27.3 Å². The molecule has 0 unspecified atom stereocenters. The standard InChI is InChI=1S/C24H26N2O4S/c1-4-26(21-8-6-5-7-9-21)31(28,29)22-13-11-20(12-14-22)25-24(27)17-30-23-15-10-18(2)16-19(23)3/h5-16H,4,17H2,1-3H3,(H,25,27). The minimum atomic E-state index is -3.71. The first kappa shape index (κ1) is 22.4.